The summed E-state index contributed by atoms with van der Waals surface area (Å²) in [5, 5.41) is 0.347. The van der Waals surface area contributed by atoms with Gasteiger partial charge in [0.25, 0.3) is 0 Å². The molecule has 0 unspecified atom stereocenters. The van der Waals surface area contributed by atoms with Gasteiger partial charge in [0, 0.05) is 23.9 Å². The van der Waals surface area contributed by atoms with E-state index in [4.69, 9.17) is 11.6 Å². The third-order valence-corrected chi connectivity index (χ3v) is 4.05. The summed E-state index contributed by atoms with van der Waals surface area (Å²) in [5.41, 5.74) is 2.36. The maximum atomic E-state index is 13.2. The third-order valence-electron chi connectivity index (χ3n) is 3.75. The van der Waals surface area contributed by atoms with Crippen molar-refractivity contribution < 1.29 is 9.18 Å². The first-order valence-corrected chi connectivity index (χ1v) is 6.94. The van der Waals surface area contributed by atoms with E-state index in [1.54, 1.807) is 6.07 Å². The smallest absolute Gasteiger partial charge is 0.165 e. The molecule has 0 N–H and O–H groups in total. The highest BCUT2D eigenvalue weighted by molar-refractivity contribution is 6.32. The molecule has 20 heavy (non-hydrogen) atoms. The molecule has 0 amide bonds. The van der Waals surface area contributed by atoms with Crippen molar-refractivity contribution in [3.05, 3.63) is 52.6 Å². The first-order valence-electron chi connectivity index (χ1n) is 6.56. The molecule has 1 heterocycles. The van der Waals surface area contributed by atoms with E-state index >= 15 is 0 Å². The second-order valence-corrected chi connectivity index (χ2v) is 6.49. The molecule has 0 atom stereocenters. The van der Waals surface area contributed by atoms with Crippen molar-refractivity contribution in [1.82, 2.24) is 4.57 Å². The molecule has 2 nitrogen and oxygen atoms in total. The number of carbonyl (C=O) groups is 1. The van der Waals surface area contributed by atoms with E-state index in [9.17, 15) is 9.18 Å². The van der Waals surface area contributed by atoms with Crippen LogP contribution in [0.1, 0.15) is 36.3 Å². The van der Waals surface area contributed by atoms with Gasteiger partial charge in [0.05, 0.1) is 10.7 Å². The van der Waals surface area contributed by atoms with Crippen LogP contribution in [0.25, 0.3) is 5.69 Å². The summed E-state index contributed by atoms with van der Waals surface area (Å²) >= 11 is 6.13. The van der Waals surface area contributed by atoms with Gasteiger partial charge < -0.3 is 4.57 Å². The minimum Gasteiger partial charge on any atom is -0.319 e. The van der Waals surface area contributed by atoms with Crippen LogP contribution in [0.2, 0.25) is 5.02 Å². The molecule has 0 aliphatic heterocycles. The molecule has 0 bridgehead atoms. The molecule has 0 saturated carbocycles. The van der Waals surface area contributed by atoms with Crippen molar-refractivity contribution in [2.24, 2.45) is 5.41 Å². The predicted molar refractivity (Wildman–Crippen MR) is 77.2 cm³/mol. The van der Waals surface area contributed by atoms with Gasteiger partial charge in [0.2, 0.25) is 0 Å². The number of hydrogen-bond acceptors (Lipinski definition) is 1. The van der Waals surface area contributed by atoms with Gasteiger partial charge in [-0.2, -0.15) is 0 Å². The van der Waals surface area contributed by atoms with Gasteiger partial charge in [0.15, 0.2) is 5.78 Å². The zero-order valence-electron chi connectivity index (χ0n) is 11.4. The van der Waals surface area contributed by atoms with Gasteiger partial charge in [-0.15, -0.1) is 0 Å². The lowest BCUT2D eigenvalue weighted by Crippen LogP contribution is -2.27. The molecular formula is C16H15ClFNO. The Bertz CT molecular complexity index is 702. The van der Waals surface area contributed by atoms with Gasteiger partial charge >= 0.3 is 0 Å². The molecule has 1 aromatic carbocycles. The summed E-state index contributed by atoms with van der Waals surface area (Å²) < 4.78 is 15.1. The summed E-state index contributed by atoms with van der Waals surface area (Å²) in [4.78, 5) is 12.2. The van der Waals surface area contributed by atoms with Crippen LogP contribution >= 0.6 is 11.6 Å². The Balaban J connectivity index is 2.16. The van der Waals surface area contributed by atoms with Crippen LogP contribution in [0, 0.1) is 11.2 Å². The maximum absolute atomic E-state index is 13.2. The van der Waals surface area contributed by atoms with Crippen molar-refractivity contribution in [1.29, 1.82) is 0 Å². The Labute approximate surface area is 122 Å². The van der Waals surface area contributed by atoms with E-state index in [-0.39, 0.29) is 17.0 Å². The molecule has 0 saturated heterocycles. The lowest BCUT2D eigenvalue weighted by Gasteiger charge is -2.29. The van der Waals surface area contributed by atoms with E-state index in [1.807, 2.05) is 16.8 Å². The van der Waals surface area contributed by atoms with E-state index in [0.717, 1.165) is 17.7 Å². The highest BCUT2D eigenvalue weighted by atomic mass is 35.5. The van der Waals surface area contributed by atoms with Crippen LogP contribution in [0.3, 0.4) is 0 Å². The molecular weight excluding hydrogens is 277 g/mol. The number of rotatable bonds is 1. The van der Waals surface area contributed by atoms with Crippen LogP contribution in [0.4, 0.5) is 4.39 Å². The monoisotopic (exact) mass is 291 g/mol. The molecule has 1 aliphatic carbocycles. The first-order chi connectivity index (χ1) is 9.37. The molecule has 4 heteroatoms. The fourth-order valence-corrected chi connectivity index (χ4v) is 3.11. The number of nitrogens with zero attached hydrogens (tertiary/aromatic N) is 1. The summed E-state index contributed by atoms with van der Waals surface area (Å²) in [6.45, 7) is 4.16. The second-order valence-electron chi connectivity index (χ2n) is 6.08. The van der Waals surface area contributed by atoms with E-state index in [1.165, 1.54) is 12.1 Å². The van der Waals surface area contributed by atoms with Gasteiger partial charge in [-0.3, -0.25) is 4.79 Å². The number of aromatic nitrogens is 1. The van der Waals surface area contributed by atoms with Crippen LogP contribution in [0.15, 0.2) is 30.5 Å². The average Bonchev–Trinajstić information content (AvgIpc) is 2.71. The highest BCUT2D eigenvalue weighted by Crippen LogP contribution is 2.37. The Morgan fingerprint density at radius 2 is 2.00 bits per heavy atom. The molecule has 2 aromatic rings. The van der Waals surface area contributed by atoms with E-state index in [0.29, 0.717) is 17.1 Å². The maximum Gasteiger partial charge on any atom is 0.165 e. The molecule has 0 radical (unpaired) electrons. The minimum absolute atomic E-state index is 0.0628. The summed E-state index contributed by atoms with van der Waals surface area (Å²) in [7, 11) is 0. The quantitative estimate of drug-likeness (QED) is 0.762. The molecule has 1 aromatic heterocycles. The Morgan fingerprint density at radius 1 is 1.25 bits per heavy atom. The number of hydrogen-bond donors (Lipinski definition) is 0. The van der Waals surface area contributed by atoms with Crippen LogP contribution in [-0.2, 0) is 6.42 Å². The number of Topliss-reactive ketones (excluding diaryl/α,β-unsaturated/α-hetero) is 1. The largest absolute Gasteiger partial charge is 0.319 e. The Hall–Kier alpha value is -1.61. The Morgan fingerprint density at radius 3 is 2.70 bits per heavy atom. The SMILES string of the molecule is CC1(C)CC(=O)c2ccn(-c3ccc(F)cc3Cl)c2C1. The lowest BCUT2D eigenvalue weighted by molar-refractivity contribution is 0.0911. The normalized spacial score (nSPS) is 17.1. The average molecular weight is 292 g/mol. The van der Waals surface area contributed by atoms with Gasteiger partial charge in [-0.05, 0) is 36.1 Å². The highest BCUT2D eigenvalue weighted by Gasteiger charge is 2.33. The molecule has 0 fully saturated rings. The minimum atomic E-state index is -0.365. The first kappa shape index (κ1) is 13.4. The summed E-state index contributed by atoms with van der Waals surface area (Å²) in [6.07, 6.45) is 3.19. The van der Waals surface area contributed by atoms with Crippen LogP contribution in [-0.4, -0.2) is 10.4 Å². The van der Waals surface area contributed by atoms with Gasteiger partial charge in [-0.1, -0.05) is 25.4 Å². The number of ketones is 1. The topological polar surface area (TPSA) is 22.0 Å². The van der Waals surface area contributed by atoms with Crippen LogP contribution in [0.5, 0.6) is 0 Å². The standard InChI is InChI=1S/C16H15ClFNO/c1-16(2)8-14-11(15(20)9-16)5-6-19(14)13-4-3-10(18)7-12(13)17/h3-7H,8-9H2,1-2H3. The van der Waals surface area contributed by atoms with Crippen molar-refractivity contribution in [3.8, 4) is 5.69 Å². The predicted octanol–water partition coefficient (Wildman–Crippen LogP) is 4.42. The van der Waals surface area contributed by atoms with Crippen molar-refractivity contribution in [2.75, 3.05) is 0 Å². The molecule has 0 spiro atoms. The number of carbonyl (C=O) groups excluding carboxylic acids is 1. The number of benzene rings is 1. The molecule has 3 rings (SSSR count). The van der Waals surface area contributed by atoms with Gasteiger partial charge in [0.1, 0.15) is 5.82 Å². The lowest BCUT2D eigenvalue weighted by atomic mass is 9.76. The zero-order chi connectivity index (χ0) is 14.5. The number of fused-ring (bicyclic) bond motifs is 1. The fraction of sp³-hybridized carbons (Fsp3) is 0.312. The van der Waals surface area contributed by atoms with Crippen molar-refractivity contribution in [2.45, 2.75) is 26.7 Å². The number of halogens is 2. The van der Waals surface area contributed by atoms with Gasteiger partial charge in [-0.25, -0.2) is 4.39 Å². The fourth-order valence-electron chi connectivity index (χ4n) is 2.85. The third kappa shape index (κ3) is 2.16. The van der Waals surface area contributed by atoms with E-state index in [2.05, 4.69) is 13.8 Å². The van der Waals surface area contributed by atoms with Crippen molar-refractivity contribution >= 4 is 17.4 Å². The molecule has 1 aliphatic rings. The summed E-state index contributed by atoms with van der Waals surface area (Å²) in [5.74, 6) is -0.204. The van der Waals surface area contributed by atoms with Crippen molar-refractivity contribution in [3.63, 3.8) is 0 Å². The van der Waals surface area contributed by atoms with E-state index < -0.39 is 0 Å². The second kappa shape index (κ2) is 4.45. The zero-order valence-corrected chi connectivity index (χ0v) is 12.2. The van der Waals surface area contributed by atoms with Crippen LogP contribution < -0.4 is 0 Å². The Kier molecular flexibility index (Phi) is 2.98. The molecule has 104 valence electrons. The summed E-state index contributed by atoms with van der Waals surface area (Å²) in [6, 6.07) is 6.14.